The molecule has 0 aliphatic carbocycles. The molecule has 1 amide bonds. The Kier molecular flexibility index (Phi) is 5.80. The van der Waals surface area contributed by atoms with Crippen molar-refractivity contribution in [3.05, 3.63) is 29.8 Å². The van der Waals surface area contributed by atoms with Gasteiger partial charge in [-0.15, -0.1) is 0 Å². The summed E-state index contributed by atoms with van der Waals surface area (Å²) in [7, 11) is -1.52. The van der Waals surface area contributed by atoms with E-state index in [1.807, 2.05) is 13.1 Å². The first-order chi connectivity index (χ1) is 11.3. The predicted octanol–water partition coefficient (Wildman–Crippen LogP) is 0.488. The number of rotatable bonds is 5. The third kappa shape index (κ3) is 4.69. The average Bonchev–Trinajstić information content (AvgIpc) is 2.54. The molecule has 0 aromatic heterocycles. The molecule has 1 aliphatic heterocycles. The number of nitriles is 1. The summed E-state index contributed by atoms with van der Waals surface area (Å²) < 4.78 is 25.3. The lowest BCUT2D eigenvalue weighted by Gasteiger charge is -2.33. The molecule has 0 radical (unpaired) electrons. The zero-order valence-electron chi connectivity index (χ0n) is 14.0. The minimum Gasteiger partial charge on any atom is -0.340 e. The van der Waals surface area contributed by atoms with Gasteiger partial charge in [0.05, 0.1) is 23.6 Å². The maximum Gasteiger partial charge on any atom is 0.232 e. The van der Waals surface area contributed by atoms with Crippen LogP contribution in [0.2, 0.25) is 0 Å². The lowest BCUT2D eigenvalue weighted by molar-refractivity contribution is -0.132. The molecule has 0 atom stereocenters. The molecule has 1 aromatic carbocycles. The van der Waals surface area contributed by atoms with Gasteiger partial charge in [0.25, 0.3) is 0 Å². The van der Waals surface area contributed by atoms with Gasteiger partial charge in [-0.1, -0.05) is 6.07 Å². The van der Waals surface area contributed by atoms with Gasteiger partial charge in [0.1, 0.15) is 0 Å². The molecule has 0 N–H and O–H groups in total. The largest absolute Gasteiger partial charge is 0.340 e. The van der Waals surface area contributed by atoms with Crippen molar-refractivity contribution in [2.75, 3.05) is 50.3 Å². The minimum absolute atomic E-state index is 0.0480. The Hall–Kier alpha value is -2.11. The van der Waals surface area contributed by atoms with Crippen LogP contribution in [0.3, 0.4) is 0 Å². The molecular weight excluding hydrogens is 328 g/mol. The molecule has 8 heteroatoms. The van der Waals surface area contributed by atoms with Crippen molar-refractivity contribution in [3.63, 3.8) is 0 Å². The van der Waals surface area contributed by atoms with Crippen molar-refractivity contribution >= 4 is 21.6 Å². The summed E-state index contributed by atoms with van der Waals surface area (Å²) in [5, 5.41) is 8.97. The zero-order valence-corrected chi connectivity index (χ0v) is 14.8. The number of sulfonamides is 1. The normalized spacial score (nSPS) is 15.8. The van der Waals surface area contributed by atoms with E-state index < -0.39 is 10.0 Å². The van der Waals surface area contributed by atoms with Crippen molar-refractivity contribution in [1.82, 2.24) is 9.80 Å². The number of anilines is 1. The monoisotopic (exact) mass is 350 g/mol. The van der Waals surface area contributed by atoms with Gasteiger partial charge in [0, 0.05) is 39.1 Å². The summed E-state index contributed by atoms with van der Waals surface area (Å²) in [6.45, 7) is 3.05. The molecule has 2 rings (SSSR count). The summed E-state index contributed by atoms with van der Waals surface area (Å²) in [5.74, 6) is -0.0480. The van der Waals surface area contributed by atoms with Gasteiger partial charge >= 0.3 is 0 Å². The fourth-order valence-electron chi connectivity index (χ4n) is 2.63. The topological polar surface area (TPSA) is 84.7 Å². The number of likely N-dealkylation sites (N-methyl/N-ethyl adjacent to an activating group) is 1. The summed E-state index contributed by atoms with van der Waals surface area (Å²) in [6, 6.07) is 8.38. The Morgan fingerprint density at radius 1 is 1.29 bits per heavy atom. The lowest BCUT2D eigenvalue weighted by atomic mass is 10.2. The maximum atomic E-state index is 12.3. The summed E-state index contributed by atoms with van der Waals surface area (Å²) in [5.41, 5.74) is 0.786. The molecule has 1 aromatic rings. The van der Waals surface area contributed by atoms with Crippen molar-refractivity contribution in [1.29, 1.82) is 5.26 Å². The first-order valence-corrected chi connectivity index (χ1v) is 9.60. The first-order valence-electron chi connectivity index (χ1n) is 7.75. The van der Waals surface area contributed by atoms with Gasteiger partial charge in [-0.25, -0.2) is 8.42 Å². The second-order valence-electron chi connectivity index (χ2n) is 5.93. The van der Waals surface area contributed by atoms with Gasteiger partial charge in [0.15, 0.2) is 0 Å². The SMILES string of the molecule is CN1CCN(C(=O)CCN(c2cccc(C#N)c2)S(C)(=O)=O)CC1. The summed E-state index contributed by atoms with van der Waals surface area (Å²) in [4.78, 5) is 16.2. The summed E-state index contributed by atoms with van der Waals surface area (Å²) in [6.07, 6.45) is 1.22. The highest BCUT2D eigenvalue weighted by atomic mass is 32.2. The van der Waals surface area contributed by atoms with Crippen LogP contribution in [0, 0.1) is 11.3 Å². The summed E-state index contributed by atoms with van der Waals surface area (Å²) >= 11 is 0. The van der Waals surface area contributed by atoms with E-state index in [4.69, 9.17) is 5.26 Å². The Bertz CT molecular complexity index is 734. The Morgan fingerprint density at radius 3 is 2.54 bits per heavy atom. The van der Waals surface area contributed by atoms with E-state index in [0.717, 1.165) is 19.3 Å². The molecular formula is C16H22N4O3S. The van der Waals surface area contributed by atoms with Crippen LogP contribution in [-0.4, -0.2) is 70.2 Å². The van der Waals surface area contributed by atoms with E-state index in [1.54, 1.807) is 23.1 Å². The van der Waals surface area contributed by atoms with Gasteiger partial charge in [-0.3, -0.25) is 9.10 Å². The first kappa shape index (κ1) is 18.2. The molecule has 1 aliphatic rings. The van der Waals surface area contributed by atoms with Crippen molar-refractivity contribution in [3.8, 4) is 6.07 Å². The van der Waals surface area contributed by atoms with Crippen molar-refractivity contribution in [2.24, 2.45) is 0 Å². The van der Waals surface area contributed by atoms with Crippen LogP contribution in [0.15, 0.2) is 24.3 Å². The second kappa shape index (κ2) is 7.64. The minimum atomic E-state index is -3.53. The quantitative estimate of drug-likeness (QED) is 0.771. The number of nitrogens with zero attached hydrogens (tertiary/aromatic N) is 4. The van der Waals surface area contributed by atoms with E-state index in [2.05, 4.69) is 4.90 Å². The Labute approximate surface area is 143 Å². The predicted molar refractivity (Wildman–Crippen MR) is 92.0 cm³/mol. The number of amides is 1. The number of benzene rings is 1. The van der Waals surface area contributed by atoms with E-state index in [9.17, 15) is 13.2 Å². The molecule has 7 nitrogen and oxygen atoms in total. The highest BCUT2D eigenvalue weighted by molar-refractivity contribution is 7.92. The van der Waals surface area contributed by atoms with Gasteiger partial charge in [-0.05, 0) is 25.2 Å². The van der Waals surface area contributed by atoms with Crippen molar-refractivity contribution < 1.29 is 13.2 Å². The highest BCUT2D eigenvalue weighted by Gasteiger charge is 2.23. The number of carbonyl (C=O) groups is 1. The Morgan fingerprint density at radius 2 is 1.96 bits per heavy atom. The molecule has 1 saturated heterocycles. The molecule has 130 valence electrons. The van der Waals surface area contributed by atoms with E-state index in [1.165, 1.54) is 10.4 Å². The number of carbonyl (C=O) groups excluding carboxylic acids is 1. The van der Waals surface area contributed by atoms with E-state index in [0.29, 0.717) is 24.3 Å². The molecule has 1 fully saturated rings. The molecule has 0 spiro atoms. The number of hydrogen-bond donors (Lipinski definition) is 0. The molecule has 0 saturated carbocycles. The third-order valence-electron chi connectivity index (χ3n) is 4.05. The molecule has 24 heavy (non-hydrogen) atoms. The number of hydrogen-bond acceptors (Lipinski definition) is 5. The number of piperazine rings is 1. The Balaban J connectivity index is 2.07. The van der Waals surface area contributed by atoms with Crippen LogP contribution in [0.1, 0.15) is 12.0 Å². The van der Waals surface area contributed by atoms with Gasteiger partial charge in [0.2, 0.25) is 15.9 Å². The zero-order chi connectivity index (χ0) is 17.7. The van der Waals surface area contributed by atoms with Crippen LogP contribution >= 0.6 is 0 Å². The highest BCUT2D eigenvalue weighted by Crippen LogP contribution is 2.19. The lowest BCUT2D eigenvalue weighted by Crippen LogP contribution is -2.48. The van der Waals surface area contributed by atoms with Gasteiger partial charge in [-0.2, -0.15) is 5.26 Å². The van der Waals surface area contributed by atoms with E-state index >= 15 is 0 Å². The second-order valence-corrected chi connectivity index (χ2v) is 7.84. The average molecular weight is 350 g/mol. The van der Waals surface area contributed by atoms with Crippen LogP contribution in [-0.2, 0) is 14.8 Å². The van der Waals surface area contributed by atoms with Gasteiger partial charge < -0.3 is 9.80 Å². The maximum absolute atomic E-state index is 12.3. The van der Waals surface area contributed by atoms with E-state index in [-0.39, 0.29) is 18.9 Å². The van der Waals surface area contributed by atoms with Crippen LogP contribution in [0.4, 0.5) is 5.69 Å². The molecule has 1 heterocycles. The fraction of sp³-hybridized carbons (Fsp3) is 0.500. The standard InChI is InChI=1S/C16H22N4O3S/c1-18-8-10-19(11-9-18)16(21)6-7-20(24(2,22)23)15-5-3-4-14(12-15)13-17/h3-5,12H,6-11H2,1-2H3. The van der Waals surface area contributed by atoms with Crippen LogP contribution in [0.25, 0.3) is 0 Å². The molecule has 0 bridgehead atoms. The third-order valence-corrected chi connectivity index (χ3v) is 5.24. The molecule has 0 unspecified atom stereocenters. The van der Waals surface area contributed by atoms with Crippen LogP contribution in [0.5, 0.6) is 0 Å². The smallest absolute Gasteiger partial charge is 0.232 e. The fourth-order valence-corrected chi connectivity index (χ4v) is 3.55. The van der Waals surface area contributed by atoms with Crippen LogP contribution < -0.4 is 4.31 Å². The van der Waals surface area contributed by atoms with Crippen molar-refractivity contribution in [2.45, 2.75) is 6.42 Å².